The van der Waals surface area contributed by atoms with Gasteiger partial charge >= 0.3 is 0 Å². The molecule has 0 N–H and O–H groups in total. The lowest BCUT2D eigenvalue weighted by Gasteiger charge is -2.43. The number of hydrogen-bond acceptors (Lipinski definition) is 4. The minimum Gasteiger partial charge on any atom is -0.379 e. The maximum atomic E-state index is 12.7. The molecule has 0 radical (unpaired) electrons. The Hall–Kier alpha value is -1.40. The molecule has 0 aromatic carbocycles. The fraction of sp³-hybridized carbons (Fsp3) is 0.750. The van der Waals surface area contributed by atoms with Gasteiger partial charge in [0.15, 0.2) is 5.82 Å². The third kappa shape index (κ3) is 3.03. The van der Waals surface area contributed by atoms with Crippen molar-refractivity contribution in [1.29, 1.82) is 0 Å². The van der Waals surface area contributed by atoms with Crippen molar-refractivity contribution >= 4 is 5.91 Å². The van der Waals surface area contributed by atoms with Crippen LogP contribution in [0.4, 0.5) is 0 Å². The molecule has 2 aliphatic rings. The van der Waals surface area contributed by atoms with E-state index < -0.39 is 0 Å². The smallest absolute Gasteiger partial charge is 0.289 e. The third-order valence-electron chi connectivity index (χ3n) is 4.93. The van der Waals surface area contributed by atoms with Gasteiger partial charge < -0.3 is 19.1 Å². The molecule has 3 rings (SSSR count). The van der Waals surface area contributed by atoms with E-state index in [0.717, 1.165) is 58.8 Å². The van der Waals surface area contributed by atoms with Crippen LogP contribution in [-0.2, 0) is 11.8 Å². The molecule has 1 atom stereocenters. The Labute approximate surface area is 132 Å². The van der Waals surface area contributed by atoms with E-state index in [1.807, 2.05) is 18.1 Å². The van der Waals surface area contributed by atoms with Gasteiger partial charge in [-0.3, -0.25) is 4.79 Å². The molecule has 22 heavy (non-hydrogen) atoms. The number of nitrogens with zero attached hydrogens (tertiary/aromatic N) is 4. The Morgan fingerprint density at radius 3 is 3.00 bits per heavy atom. The van der Waals surface area contributed by atoms with E-state index in [2.05, 4.69) is 16.8 Å². The number of imidazole rings is 1. The Bertz CT molecular complexity index is 530. The number of ether oxygens (including phenoxy) is 1. The highest BCUT2D eigenvalue weighted by atomic mass is 16.5. The Morgan fingerprint density at radius 1 is 1.41 bits per heavy atom. The minimum atomic E-state index is 0.0406. The zero-order valence-electron chi connectivity index (χ0n) is 13.6. The van der Waals surface area contributed by atoms with Crippen molar-refractivity contribution in [3.05, 3.63) is 18.2 Å². The number of aromatic nitrogens is 2. The monoisotopic (exact) mass is 306 g/mol. The lowest BCUT2D eigenvalue weighted by Crippen LogP contribution is -2.52. The first-order valence-electron chi connectivity index (χ1n) is 8.20. The van der Waals surface area contributed by atoms with Crippen molar-refractivity contribution < 1.29 is 9.53 Å². The average Bonchev–Trinajstić information content (AvgIpc) is 2.86. The van der Waals surface area contributed by atoms with Gasteiger partial charge in [0, 0.05) is 51.0 Å². The summed E-state index contributed by atoms with van der Waals surface area (Å²) in [5, 5.41) is 0. The number of carbonyl (C=O) groups is 1. The second-order valence-electron chi connectivity index (χ2n) is 6.61. The van der Waals surface area contributed by atoms with Crippen LogP contribution in [0.25, 0.3) is 0 Å². The van der Waals surface area contributed by atoms with E-state index in [9.17, 15) is 4.79 Å². The van der Waals surface area contributed by atoms with Gasteiger partial charge in [-0.15, -0.1) is 0 Å². The maximum absolute atomic E-state index is 12.7. The highest BCUT2D eigenvalue weighted by Gasteiger charge is 2.40. The molecule has 1 aromatic heterocycles. The third-order valence-corrected chi connectivity index (χ3v) is 4.93. The molecule has 6 nitrogen and oxygen atoms in total. The van der Waals surface area contributed by atoms with Crippen LogP contribution < -0.4 is 0 Å². The molecular formula is C16H26N4O2. The molecule has 0 bridgehead atoms. The van der Waals surface area contributed by atoms with Crippen molar-refractivity contribution in [1.82, 2.24) is 19.4 Å². The SMILES string of the molecule is CCN1CCOCC2(CCCN(C(=O)c3nccn3C)C2)C1. The van der Waals surface area contributed by atoms with Gasteiger partial charge in [-0.1, -0.05) is 6.92 Å². The van der Waals surface area contributed by atoms with E-state index >= 15 is 0 Å². The van der Waals surface area contributed by atoms with Crippen molar-refractivity contribution in [3.8, 4) is 0 Å². The van der Waals surface area contributed by atoms with E-state index in [1.165, 1.54) is 0 Å². The zero-order valence-corrected chi connectivity index (χ0v) is 13.6. The largest absolute Gasteiger partial charge is 0.379 e. The van der Waals surface area contributed by atoms with E-state index in [-0.39, 0.29) is 11.3 Å². The first-order valence-corrected chi connectivity index (χ1v) is 8.20. The molecule has 122 valence electrons. The lowest BCUT2D eigenvalue weighted by molar-refractivity contribution is 0.00704. The van der Waals surface area contributed by atoms with E-state index in [4.69, 9.17) is 4.74 Å². The number of carbonyl (C=O) groups excluding carboxylic acids is 1. The number of likely N-dealkylation sites (N-methyl/N-ethyl adjacent to an activating group) is 1. The predicted molar refractivity (Wildman–Crippen MR) is 83.7 cm³/mol. The molecule has 2 aliphatic heterocycles. The minimum absolute atomic E-state index is 0.0406. The lowest BCUT2D eigenvalue weighted by atomic mass is 9.80. The fourth-order valence-corrected chi connectivity index (χ4v) is 3.69. The molecule has 3 heterocycles. The van der Waals surface area contributed by atoms with Crippen LogP contribution in [0.3, 0.4) is 0 Å². The number of likely N-dealkylation sites (tertiary alicyclic amines) is 1. The molecule has 2 fully saturated rings. The Morgan fingerprint density at radius 2 is 2.27 bits per heavy atom. The molecule has 6 heteroatoms. The van der Waals surface area contributed by atoms with E-state index in [1.54, 1.807) is 10.8 Å². The first kappa shape index (κ1) is 15.5. The molecule has 0 aliphatic carbocycles. The molecule has 1 amide bonds. The first-order chi connectivity index (χ1) is 10.6. The molecule has 2 saturated heterocycles. The molecule has 1 aromatic rings. The molecule has 1 spiro atoms. The van der Waals surface area contributed by atoms with Crippen molar-refractivity contribution in [2.75, 3.05) is 45.9 Å². The number of rotatable bonds is 2. The van der Waals surface area contributed by atoms with E-state index in [0.29, 0.717) is 5.82 Å². The van der Waals surface area contributed by atoms with Crippen molar-refractivity contribution in [3.63, 3.8) is 0 Å². The molecule has 0 saturated carbocycles. The summed E-state index contributed by atoms with van der Waals surface area (Å²) in [6.07, 6.45) is 5.67. The summed E-state index contributed by atoms with van der Waals surface area (Å²) in [7, 11) is 1.87. The van der Waals surface area contributed by atoms with Gasteiger partial charge in [0.05, 0.1) is 13.2 Å². The fourth-order valence-electron chi connectivity index (χ4n) is 3.69. The van der Waals surface area contributed by atoms with Crippen LogP contribution in [0.1, 0.15) is 30.4 Å². The topological polar surface area (TPSA) is 50.6 Å². The van der Waals surface area contributed by atoms with Crippen molar-refractivity contribution in [2.45, 2.75) is 19.8 Å². The average molecular weight is 306 g/mol. The maximum Gasteiger partial charge on any atom is 0.289 e. The number of amides is 1. The van der Waals surface area contributed by atoms with Gasteiger partial charge in [0.2, 0.25) is 0 Å². The summed E-state index contributed by atoms with van der Waals surface area (Å²) in [5.41, 5.74) is 0.0750. The highest BCUT2D eigenvalue weighted by Crippen LogP contribution is 2.33. The highest BCUT2D eigenvalue weighted by molar-refractivity contribution is 5.90. The van der Waals surface area contributed by atoms with Crippen LogP contribution in [0, 0.1) is 5.41 Å². The summed E-state index contributed by atoms with van der Waals surface area (Å²) < 4.78 is 7.66. The number of hydrogen-bond donors (Lipinski definition) is 0. The molecular weight excluding hydrogens is 280 g/mol. The second-order valence-corrected chi connectivity index (χ2v) is 6.61. The van der Waals surface area contributed by atoms with Gasteiger partial charge in [0.1, 0.15) is 0 Å². The second kappa shape index (κ2) is 6.38. The summed E-state index contributed by atoms with van der Waals surface area (Å²) in [6.45, 7) is 8.39. The van der Waals surface area contributed by atoms with Gasteiger partial charge in [-0.05, 0) is 19.4 Å². The van der Waals surface area contributed by atoms with Crippen LogP contribution in [-0.4, -0.2) is 71.2 Å². The normalized spacial score (nSPS) is 27.1. The number of piperidine rings is 1. The summed E-state index contributed by atoms with van der Waals surface area (Å²) in [4.78, 5) is 21.3. The standard InChI is InChI=1S/C16H26N4O2/c1-3-19-9-10-22-13-16(11-19)5-4-7-20(12-16)15(21)14-17-6-8-18(14)2/h6,8H,3-5,7,9-13H2,1-2H3. The van der Waals surface area contributed by atoms with Crippen LogP contribution in [0.15, 0.2) is 12.4 Å². The zero-order chi connectivity index (χ0) is 15.6. The predicted octanol–water partition coefficient (Wildman–Crippen LogP) is 0.995. The van der Waals surface area contributed by atoms with Crippen molar-refractivity contribution in [2.24, 2.45) is 12.5 Å². The van der Waals surface area contributed by atoms with Gasteiger partial charge in [-0.2, -0.15) is 0 Å². The summed E-state index contributed by atoms with van der Waals surface area (Å²) in [5.74, 6) is 0.567. The number of aryl methyl sites for hydroxylation is 1. The van der Waals surface area contributed by atoms with Gasteiger partial charge in [-0.25, -0.2) is 4.98 Å². The summed E-state index contributed by atoms with van der Waals surface area (Å²) in [6, 6.07) is 0. The van der Waals surface area contributed by atoms with Crippen LogP contribution in [0.2, 0.25) is 0 Å². The van der Waals surface area contributed by atoms with Gasteiger partial charge in [0.25, 0.3) is 5.91 Å². The van der Waals surface area contributed by atoms with Crippen LogP contribution in [0.5, 0.6) is 0 Å². The molecule has 1 unspecified atom stereocenters. The Kier molecular flexibility index (Phi) is 4.49. The van der Waals surface area contributed by atoms with Crippen LogP contribution >= 0.6 is 0 Å². The summed E-state index contributed by atoms with van der Waals surface area (Å²) >= 11 is 0. The Balaban J connectivity index is 1.75. The quantitative estimate of drug-likeness (QED) is 0.818.